The van der Waals surface area contributed by atoms with E-state index in [2.05, 4.69) is 38.4 Å². The minimum Gasteiger partial charge on any atom is -0.354 e. The molecule has 1 N–H and O–H groups in total. The molecule has 5 heteroatoms. The van der Waals surface area contributed by atoms with Gasteiger partial charge in [-0.1, -0.05) is 28.1 Å². The molecule has 1 unspecified atom stereocenters. The number of aromatic nitrogens is 1. The third-order valence-electron chi connectivity index (χ3n) is 3.75. The Morgan fingerprint density at radius 3 is 2.58 bits per heavy atom. The number of carbonyl (C=O) groups excluding carboxylic acids is 2. The highest BCUT2D eigenvalue weighted by Crippen LogP contribution is 2.12. The first-order chi connectivity index (χ1) is 11.5. The van der Waals surface area contributed by atoms with Crippen LogP contribution in [0.15, 0.2) is 53.3 Å². The van der Waals surface area contributed by atoms with Crippen LogP contribution in [0.5, 0.6) is 0 Å². The Bertz CT molecular complexity index is 672. The summed E-state index contributed by atoms with van der Waals surface area (Å²) in [5.41, 5.74) is 1.79. The first kappa shape index (κ1) is 18.3. The molecule has 0 bridgehead atoms. The van der Waals surface area contributed by atoms with Crippen molar-refractivity contribution >= 4 is 27.6 Å². The standard InChI is InChI=1S/C19H21BrN2O2/c1-14(4-5-15-6-8-17(20)9-7-15)22-19(24)11-10-18(23)16-3-2-12-21-13-16/h2-3,6-9,12-14H,4-5,10-11H2,1H3,(H,22,24). The van der Waals surface area contributed by atoms with Gasteiger partial charge in [-0.15, -0.1) is 0 Å². The van der Waals surface area contributed by atoms with E-state index < -0.39 is 0 Å². The SMILES string of the molecule is CC(CCc1ccc(Br)cc1)NC(=O)CCC(=O)c1cccnc1. The maximum atomic E-state index is 12.0. The highest BCUT2D eigenvalue weighted by molar-refractivity contribution is 9.10. The fraction of sp³-hybridized carbons (Fsp3) is 0.316. The van der Waals surface area contributed by atoms with Crippen LogP contribution in [-0.4, -0.2) is 22.7 Å². The van der Waals surface area contributed by atoms with E-state index in [4.69, 9.17) is 0 Å². The molecule has 1 aromatic carbocycles. The number of carbonyl (C=O) groups is 2. The Morgan fingerprint density at radius 2 is 1.92 bits per heavy atom. The van der Waals surface area contributed by atoms with Gasteiger partial charge in [0.25, 0.3) is 0 Å². The highest BCUT2D eigenvalue weighted by atomic mass is 79.9. The smallest absolute Gasteiger partial charge is 0.220 e. The Labute approximate surface area is 150 Å². The lowest BCUT2D eigenvalue weighted by Gasteiger charge is -2.14. The van der Waals surface area contributed by atoms with Crippen LogP contribution in [0.25, 0.3) is 0 Å². The summed E-state index contributed by atoms with van der Waals surface area (Å²) in [7, 11) is 0. The summed E-state index contributed by atoms with van der Waals surface area (Å²) in [5, 5.41) is 2.95. The zero-order valence-corrected chi connectivity index (χ0v) is 15.3. The van der Waals surface area contributed by atoms with Crippen molar-refractivity contribution in [1.29, 1.82) is 0 Å². The molecule has 24 heavy (non-hydrogen) atoms. The molecular formula is C19H21BrN2O2. The molecule has 1 amide bonds. The molecule has 1 aromatic heterocycles. The monoisotopic (exact) mass is 388 g/mol. The third kappa shape index (κ3) is 6.24. The Hall–Kier alpha value is -2.01. The van der Waals surface area contributed by atoms with Crippen molar-refractivity contribution in [1.82, 2.24) is 10.3 Å². The molecule has 2 rings (SSSR count). The van der Waals surface area contributed by atoms with Gasteiger partial charge >= 0.3 is 0 Å². The number of hydrogen-bond acceptors (Lipinski definition) is 3. The number of halogens is 1. The summed E-state index contributed by atoms with van der Waals surface area (Å²) >= 11 is 3.42. The van der Waals surface area contributed by atoms with E-state index in [1.54, 1.807) is 18.3 Å². The zero-order chi connectivity index (χ0) is 17.4. The molecule has 0 radical (unpaired) electrons. The molecule has 0 aliphatic heterocycles. The third-order valence-corrected chi connectivity index (χ3v) is 4.28. The fourth-order valence-corrected chi connectivity index (χ4v) is 2.62. The molecule has 4 nitrogen and oxygen atoms in total. The molecular weight excluding hydrogens is 368 g/mol. The molecule has 2 aromatic rings. The maximum absolute atomic E-state index is 12.0. The van der Waals surface area contributed by atoms with Gasteiger partial charge in [0.05, 0.1) is 0 Å². The quantitative estimate of drug-likeness (QED) is 0.696. The molecule has 0 saturated carbocycles. The number of benzene rings is 1. The lowest BCUT2D eigenvalue weighted by atomic mass is 10.1. The molecule has 1 heterocycles. The first-order valence-electron chi connectivity index (χ1n) is 8.01. The second-order valence-electron chi connectivity index (χ2n) is 5.80. The minimum atomic E-state index is -0.0875. The van der Waals surface area contributed by atoms with Crippen LogP contribution in [0.1, 0.15) is 42.1 Å². The largest absolute Gasteiger partial charge is 0.354 e. The predicted molar refractivity (Wildman–Crippen MR) is 97.9 cm³/mol. The number of aryl methyl sites for hydroxylation is 1. The second kappa shape index (κ2) is 9.33. The van der Waals surface area contributed by atoms with E-state index >= 15 is 0 Å². The van der Waals surface area contributed by atoms with Gasteiger partial charge in [0.2, 0.25) is 5.91 Å². The van der Waals surface area contributed by atoms with Gasteiger partial charge in [-0.2, -0.15) is 0 Å². The minimum absolute atomic E-state index is 0.0548. The number of Topliss-reactive ketones (excluding diaryl/α,β-unsaturated/α-hetero) is 1. The molecule has 126 valence electrons. The van der Waals surface area contributed by atoms with Crippen molar-refractivity contribution in [3.63, 3.8) is 0 Å². The van der Waals surface area contributed by atoms with Crippen molar-refractivity contribution in [2.75, 3.05) is 0 Å². The van der Waals surface area contributed by atoms with Crippen LogP contribution in [0.2, 0.25) is 0 Å². The lowest BCUT2D eigenvalue weighted by Crippen LogP contribution is -2.33. The summed E-state index contributed by atoms with van der Waals surface area (Å²) in [6.45, 7) is 1.99. The van der Waals surface area contributed by atoms with Crippen molar-refractivity contribution in [2.24, 2.45) is 0 Å². The molecule has 1 atom stereocenters. The number of pyridine rings is 1. The van der Waals surface area contributed by atoms with Crippen molar-refractivity contribution < 1.29 is 9.59 Å². The predicted octanol–water partition coefficient (Wildman–Crippen LogP) is 3.94. The van der Waals surface area contributed by atoms with Gasteiger partial charge in [-0.05, 0) is 49.6 Å². The maximum Gasteiger partial charge on any atom is 0.220 e. The van der Waals surface area contributed by atoms with Gasteiger partial charge in [0.1, 0.15) is 0 Å². The number of ketones is 1. The normalized spacial score (nSPS) is 11.8. The van der Waals surface area contributed by atoms with Gasteiger partial charge < -0.3 is 5.32 Å². The molecule has 0 spiro atoms. The summed E-state index contributed by atoms with van der Waals surface area (Å²) < 4.78 is 1.06. The van der Waals surface area contributed by atoms with Gasteiger partial charge in [0.15, 0.2) is 5.78 Å². The van der Waals surface area contributed by atoms with E-state index in [1.807, 2.05) is 19.1 Å². The molecule has 0 saturated heterocycles. The highest BCUT2D eigenvalue weighted by Gasteiger charge is 2.11. The molecule has 0 fully saturated rings. The van der Waals surface area contributed by atoms with Gasteiger partial charge in [0, 0.05) is 41.3 Å². The number of nitrogens with zero attached hydrogens (tertiary/aromatic N) is 1. The van der Waals surface area contributed by atoms with Gasteiger partial charge in [-0.25, -0.2) is 0 Å². The van der Waals surface area contributed by atoms with E-state index in [9.17, 15) is 9.59 Å². The van der Waals surface area contributed by atoms with E-state index in [-0.39, 0.29) is 30.6 Å². The van der Waals surface area contributed by atoms with Gasteiger partial charge in [-0.3, -0.25) is 14.6 Å². The average Bonchev–Trinajstić information content (AvgIpc) is 2.60. The number of hydrogen-bond donors (Lipinski definition) is 1. The van der Waals surface area contributed by atoms with Crippen molar-refractivity contribution in [2.45, 2.75) is 38.6 Å². The van der Waals surface area contributed by atoms with Crippen molar-refractivity contribution in [3.05, 3.63) is 64.4 Å². The summed E-state index contributed by atoms with van der Waals surface area (Å²) in [6.07, 6.45) is 5.33. The Balaban J connectivity index is 1.69. The summed E-state index contributed by atoms with van der Waals surface area (Å²) in [5.74, 6) is -0.142. The summed E-state index contributed by atoms with van der Waals surface area (Å²) in [6, 6.07) is 11.7. The van der Waals surface area contributed by atoms with Crippen LogP contribution in [-0.2, 0) is 11.2 Å². The number of amides is 1. The van der Waals surface area contributed by atoms with Crippen LogP contribution in [0, 0.1) is 0 Å². The van der Waals surface area contributed by atoms with E-state index in [1.165, 1.54) is 11.8 Å². The number of rotatable bonds is 8. The number of nitrogens with one attached hydrogen (secondary N) is 1. The van der Waals surface area contributed by atoms with Crippen LogP contribution in [0.3, 0.4) is 0 Å². The van der Waals surface area contributed by atoms with E-state index in [0.29, 0.717) is 5.56 Å². The topological polar surface area (TPSA) is 59.1 Å². The molecule has 0 aliphatic rings. The van der Waals surface area contributed by atoms with Crippen LogP contribution < -0.4 is 5.32 Å². The second-order valence-corrected chi connectivity index (χ2v) is 6.71. The van der Waals surface area contributed by atoms with Crippen molar-refractivity contribution in [3.8, 4) is 0 Å². The first-order valence-corrected chi connectivity index (χ1v) is 8.81. The molecule has 0 aliphatic carbocycles. The fourth-order valence-electron chi connectivity index (χ4n) is 2.35. The summed E-state index contributed by atoms with van der Waals surface area (Å²) in [4.78, 5) is 27.8. The van der Waals surface area contributed by atoms with Crippen LogP contribution >= 0.6 is 15.9 Å². The lowest BCUT2D eigenvalue weighted by molar-refractivity contribution is -0.121. The van der Waals surface area contributed by atoms with E-state index in [0.717, 1.165) is 17.3 Å². The Morgan fingerprint density at radius 1 is 1.17 bits per heavy atom. The average molecular weight is 389 g/mol. The zero-order valence-electron chi connectivity index (χ0n) is 13.7. The Kier molecular flexibility index (Phi) is 7.12. The van der Waals surface area contributed by atoms with Crippen LogP contribution in [0.4, 0.5) is 0 Å².